The van der Waals surface area contributed by atoms with Crippen LogP contribution < -0.4 is 5.32 Å². The number of nitrogens with one attached hydrogen (secondary N) is 1. The minimum Gasteiger partial charge on any atom is -0.395 e. The Hall–Kier alpha value is -0.610. The quantitative estimate of drug-likeness (QED) is 0.696. The van der Waals surface area contributed by atoms with E-state index in [0.29, 0.717) is 18.0 Å². The van der Waals surface area contributed by atoms with Crippen LogP contribution in [0.25, 0.3) is 0 Å². The van der Waals surface area contributed by atoms with Crippen molar-refractivity contribution in [1.29, 1.82) is 0 Å². The van der Waals surface area contributed by atoms with Crippen molar-refractivity contribution in [2.45, 2.75) is 31.9 Å². The average molecular weight is 258 g/mol. The molecule has 0 bridgehead atoms. The molecular weight excluding hydrogens is 238 g/mol. The minimum atomic E-state index is -0.353. The Morgan fingerprint density at radius 3 is 2.47 bits per heavy atom. The molecule has 3 N–H and O–H groups in total. The molecule has 0 aliphatic carbocycles. The number of aliphatic hydroxyl groups excluding tert-OH is 2. The molecule has 0 saturated heterocycles. The van der Waals surface area contributed by atoms with E-state index in [1.807, 2.05) is 31.2 Å². The Balaban J connectivity index is 2.43. The lowest BCUT2D eigenvalue weighted by molar-refractivity contribution is 0.153. The van der Waals surface area contributed by atoms with Crippen LogP contribution >= 0.6 is 11.6 Å². The SMILES string of the molecule is CC[C@@H](O)CNC(CO)Cc1ccc(Cl)cc1. The smallest absolute Gasteiger partial charge is 0.0662 e. The summed E-state index contributed by atoms with van der Waals surface area (Å²) in [6.07, 6.45) is 1.09. The molecule has 1 unspecified atom stereocenters. The first-order valence-corrected chi connectivity index (χ1v) is 6.30. The van der Waals surface area contributed by atoms with Crippen LogP contribution in [0, 0.1) is 0 Å². The molecule has 3 nitrogen and oxygen atoms in total. The largest absolute Gasteiger partial charge is 0.395 e. The molecular formula is C13H20ClNO2. The normalized spacial score (nSPS) is 14.6. The average Bonchev–Trinajstić information content (AvgIpc) is 2.36. The van der Waals surface area contributed by atoms with Gasteiger partial charge >= 0.3 is 0 Å². The molecule has 96 valence electrons. The standard InChI is InChI=1S/C13H20ClNO2/c1-2-13(17)8-15-12(9-16)7-10-3-5-11(14)6-4-10/h3-6,12-13,15-17H,2,7-9H2,1H3/t12?,13-/m1/s1. The molecule has 0 aliphatic rings. The molecule has 4 heteroatoms. The first kappa shape index (κ1) is 14.5. The highest BCUT2D eigenvalue weighted by molar-refractivity contribution is 6.30. The predicted molar refractivity (Wildman–Crippen MR) is 70.3 cm³/mol. The molecule has 0 saturated carbocycles. The molecule has 1 aromatic carbocycles. The summed E-state index contributed by atoms with van der Waals surface area (Å²) in [6, 6.07) is 7.54. The van der Waals surface area contributed by atoms with Crippen LogP contribution in [0.2, 0.25) is 5.02 Å². The number of aliphatic hydroxyl groups is 2. The fourth-order valence-electron chi connectivity index (χ4n) is 1.55. The molecule has 0 amide bonds. The van der Waals surface area contributed by atoms with Crippen molar-refractivity contribution in [2.24, 2.45) is 0 Å². The third-order valence-electron chi connectivity index (χ3n) is 2.73. The topological polar surface area (TPSA) is 52.5 Å². The minimum absolute atomic E-state index is 0.0302. The summed E-state index contributed by atoms with van der Waals surface area (Å²) in [7, 11) is 0. The number of halogens is 1. The van der Waals surface area contributed by atoms with Gasteiger partial charge in [-0.15, -0.1) is 0 Å². The third kappa shape index (κ3) is 5.50. The number of benzene rings is 1. The molecule has 0 spiro atoms. The summed E-state index contributed by atoms with van der Waals surface area (Å²) in [5, 5.41) is 22.6. The van der Waals surface area contributed by atoms with E-state index in [0.717, 1.165) is 12.0 Å². The highest BCUT2D eigenvalue weighted by Gasteiger charge is 2.09. The monoisotopic (exact) mass is 257 g/mol. The fraction of sp³-hybridized carbons (Fsp3) is 0.538. The van der Waals surface area contributed by atoms with Crippen LogP contribution in [0.1, 0.15) is 18.9 Å². The predicted octanol–water partition coefficient (Wildman–Crippen LogP) is 1.60. The van der Waals surface area contributed by atoms with Gasteiger partial charge < -0.3 is 15.5 Å². The van der Waals surface area contributed by atoms with Gasteiger partial charge in [0.05, 0.1) is 12.7 Å². The van der Waals surface area contributed by atoms with Gasteiger partial charge in [0.2, 0.25) is 0 Å². The van der Waals surface area contributed by atoms with Crippen molar-refractivity contribution in [2.75, 3.05) is 13.2 Å². The molecule has 1 rings (SSSR count). The van der Waals surface area contributed by atoms with Crippen LogP contribution in [0.5, 0.6) is 0 Å². The fourth-order valence-corrected chi connectivity index (χ4v) is 1.68. The number of rotatable bonds is 7. The van der Waals surface area contributed by atoms with Crippen LogP contribution in [0.3, 0.4) is 0 Å². The van der Waals surface area contributed by atoms with Crippen molar-refractivity contribution in [1.82, 2.24) is 5.32 Å². The zero-order valence-corrected chi connectivity index (χ0v) is 10.8. The van der Waals surface area contributed by atoms with Crippen LogP contribution in [0.4, 0.5) is 0 Å². The molecule has 2 atom stereocenters. The molecule has 0 heterocycles. The third-order valence-corrected chi connectivity index (χ3v) is 2.98. The van der Waals surface area contributed by atoms with E-state index in [4.69, 9.17) is 11.6 Å². The molecule has 0 radical (unpaired) electrons. The lowest BCUT2D eigenvalue weighted by Crippen LogP contribution is -2.39. The van der Waals surface area contributed by atoms with E-state index in [9.17, 15) is 10.2 Å². The van der Waals surface area contributed by atoms with Crippen molar-refractivity contribution >= 4 is 11.6 Å². The maximum absolute atomic E-state index is 9.44. The lowest BCUT2D eigenvalue weighted by Gasteiger charge is -2.18. The van der Waals surface area contributed by atoms with Gasteiger partial charge in [0.1, 0.15) is 0 Å². The first-order chi connectivity index (χ1) is 8.15. The van der Waals surface area contributed by atoms with Gasteiger partial charge in [0, 0.05) is 17.6 Å². The van der Waals surface area contributed by atoms with Gasteiger partial charge in [-0.1, -0.05) is 30.7 Å². The van der Waals surface area contributed by atoms with Gasteiger partial charge in [-0.05, 0) is 30.5 Å². The van der Waals surface area contributed by atoms with Crippen LogP contribution in [0.15, 0.2) is 24.3 Å². The summed E-state index contributed by atoms with van der Waals surface area (Å²) in [5.74, 6) is 0. The first-order valence-electron chi connectivity index (χ1n) is 5.92. The Bertz CT molecular complexity index is 316. The second-order valence-corrected chi connectivity index (χ2v) is 4.62. The Kier molecular flexibility index (Phi) is 6.52. The summed E-state index contributed by atoms with van der Waals surface area (Å²) in [6.45, 7) is 2.49. The highest BCUT2D eigenvalue weighted by Crippen LogP contribution is 2.11. The summed E-state index contributed by atoms with van der Waals surface area (Å²) in [5.41, 5.74) is 1.12. The van der Waals surface area contributed by atoms with E-state index < -0.39 is 0 Å². The van der Waals surface area contributed by atoms with Gasteiger partial charge in [-0.25, -0.2) is 0 Å². The Morgan fingerprint density at radius 2 is 1.94 bits per heavy atom. The molecule has 17 heavy (non-hydrogen) atoms. The van der Waals surface area contributed by atoms with E-state index in [-0.39, 0.29) is 18.8 Å². The van der Waals surface area contributed by atoms with E-state index >= 15 is 0 Å². The summed E-state index contributed by atoms with van der Waals surface area (Å²) >= 11 is 5.81. The van der Waals surface area contributed by atoms with Gasteiger partial charge in [-0.2, -0.15) is 0 Å². The second-order valence-electron chi connectivity index (χ2n) is 4.18. The van der Waals surface area contributed by atoms with E-state index in [1.165, 1.54) is 0 Å². The van der Waals surface area contributed by atoms with Gasteiger partial charge in [0.25, 0.3) is 0 Å². The second kappa shape index (κ2) is 7.67. The van der Waals surface area contributed by atoms with E-state index in [2.05, 4.69) is 5.32 Å². The Labute approximate surface area is 107 Å². The summed E-state index contributed by atoms with van der Waals surface area (Å²) < 4.78 is 0. The molecule has 0 fully saturated rings. The Morgan fingerprint density at radius 1 is 1.29 bits per heavy atom. The van der Waals surface area contributed by atoms with E-state index in [1.54, 1.807) is 0 Å². The molecule has 0 aromatic heterocycles. The van der Waals surface area contributed by atoms with Crippen LogP contribution in [-0.4, -0.2) is 35.5 Å². The lowest BCUT2D eigenvalue weighted by atomic mass is 10.1. The van der Waals surface area contributed by atoms with Gasteiger partial charge in [0.15, 0.2) is 0 Å². The summed E-state index contributed by atoms with van der Waals surface area (Å²) in [4.78, 5) is 0. The molecule has 1 aromatic rings. The maximum atomic E-state index is 9.44. The number of hydrogen-bond donors (Lipinski definition) is 3. The van der Waals surface area contributed by atoms with Crippen molar-refractivity contribution in [3.05, 3.63) is 34.9 Å². The van der Waals surface area contributed by atoms with Crippen molar-refractivity contribution < 1.29 is 10.2 Å². The van der Waals surface area contributed by atoms with Gasteiger partial charge in [-0.3, -0.25) is 0 Å². The van der Waals surface area contributed by atoms with Crippen molar-refractivity contribution in [3.63, 3.8) is 0 Å². The maximum Gasteiger partial charge on any atom is 0.0662 e. The molecule has 0 aliphatic heterocycles. The van der Waals surface area contributed by atoms with Crippen molar-refractivity contribution in [3.8, 4) is 0 Å². The zero-order chi connectivity index (χ0) is 12.7. The number of hydrogen-bond acceptors (Lipinski definition) is 3. The zero-order valence-electron chi connectivity index (χ0n) is 10.1. The highest BCUT2D eigenvalue weighted by atomic mass is 35.5. The van der Waals surface area contributed by atoms with Crippen LogP contribution in [-0.2, 0) is 6.42 Å².